The summed E-state index contributed by atoms with van der Waals surface area (Å²) in [6, 6.07) is 8.79. The lowest BCUT2D eigenvalue weighted by molar-refractivity contribution is 0.120. The molecule has 0 saturated heterocycles. The Hall–Kier alpha value is -1.06. The average Bonchev–Trinajstić information content (AvgIpc) is 2.48. The van der Waals surface area contributed by atoms with Crippen LogP contribution in [0.4, 0.5) is 0 Å². The van der Waals surface area contributed by atoms with Gasteiger partial charge in [-0.3, -0.25) is 4.90 Å². The lowest BCUT2D eigenvalue weighted by Crippen LogP contribution is -2.40. The van der Waals surface area contributed by atoms with Crippen LogP contribution >= 0.6 is 0 Å². The van der Waals surface area contributed by atoms with Crippen LogP contribution in [0.5, 0.6) is 5.75 Å². The van der Waals surface area contributed by atoms with Crippen molar-refractivity contribution in [3.8, 4) is 5.75 Å². The molecule has 0 amide bonds. The van der Waals surface area contributed by atoms with Crippen LogP contribution in [0.3, 0.4) is 0 Å². The Bertz CT molecular complexity index is 408. The SMILES string of the molecule is CC1CCCCC1N(C)CCOc1cccc(CN)c1. The first-order valence-corrected chi connectivity index (χ1v) is 7.82. The third-order valence-electron chi connectivity index (χ3n) is 4.48. The van der Waals surface area contributed by atoms with Crippen molar-refractivity contribution in [1.29, 1.82) is 0 Å². The zero-order valence-electron chi connectivity index (χ0n) is 12.8. The molecule has 1 fully saturated rings. The van der Waals surface area contributed by atoms with Crippen molar-refractivity contribution in [3.05, 3.63) is 29.8 Å². The minimum Gasteiger partial charge on any atom is -0.492 e. The summed E-state index contributed by atoms with van der Waals surface area (Å²) in [7, 11) is 2.23. The molecule has 0 aliphatic heterocycles. The van der Waals surface area contributed by atoms with E-state index in [1.54, 1.807) is 0 Å². The molecular weight excluding hydrogens is 248 g/mol. The molecule has 20 heavy (non-hydrogen) atoms. The molecule has 1 aromatic rings. The Kier molecular flexibility index (Phi) is 5.86. The smallest absolute Gasteiger partial charge is 0.119 e. The van der Waals surface area contributed by atoms with E-state index in [0.29, 0.717) is 6.54 Å². The summed E-state index contributed by atoms with van der Waals surface area (Å²) in [4.78, 5) is 2.47. The van der Waals surface area contributed by atoms with E-state index in [0.717, 1.165) is 36.4 Å². The van der Waals surface area contributed by atoms with Gasteiger partial charge in [-0.1, -0.05) is 31.9 Å². The number of nitrogens with zero attached hydrogens (tertiary/aromatic N) is 1. The molecule has 1 aliphatic carbocycles. The first kappa shape index (κ1) is 15.3. The third-order valence-corrected chi connectivity index (χ3v) is 4.48. The van der Waals surface area contributed by atoms with Crippen molar-refractivity contribution in [2.24, 2.45) is 11.7 Å². The monoisotopic (exact) mass is 276 g/mol. The zero-order valence-corrected chi connectivity index (χ0v) is 12.8. The van der Waals surface area contributed by atoms with Gasteiger partial charge < -0.3 is 10.5 Å². The van der Waals surface area contributed by atoms with E-state index in [1.807, 2.05) is 24.3 Å². The molecule has 2 atom stereocenters. The molecule has 0 heterocycles. The van der Waals surface area contributed by atoms with Crippen LogP contribution in [0.2, 0.25) is 0 Å². The maximum Gasteiger partial charge on any atom is 0.119 e. The quantitative estimate of drug-likeness (QED) is 0.868. The Morgan fingerprint density at radius 3 is 2.85 bits per heavy atom. The molecule has 112 valence electrons. The van der Waals surface area contributed by atoms with E-state index >= 15 is 0 Å². The lowest BCUT2D eigenvalue weighted by atomic mass is 9.85. The van der Waals surface area contributed by atoms with Gasteiger partial charge in [-0.25, -0.2) is 0 Å². The number of likely N-dealkylation sites (N-methyl/N-ethyl adjacent to an activating group) is 1. The number of benzene rings is 1. The Balaban J connectivity index is 1.77. The van der Waals surface area contributed by atoms with Crippen LogP contribution in [0, 0.1) is 5.92 Å². The van der Waals surface area contributed by atoms with Gasteiger partial charge in [0.05, 0.1) is 0 Å². The molecule has 2 unspecified atom stereocenters. The standard InChI is InChI=1S/C17H28N2O/c1-14-6-3-4-9-17(14)19(2)10-11-20-16-8-5-7-15(12-16)13-18/h5,7-8,12,14,17H,3-4,6,9-11,13,18H2,1-2H3. The van der Waals surface area contributed by atoms with E-state index in [4.69, 9.17) is 10.5 Å². The first-order valence-electron chi connectivity index (χ1n) is 7.82. The number of hydrogen-bond acceptors (Lipinski definition) is 3. The molecule has 0 aromatic heterocycles. The molecule has 1 aromatic carbocycles. The van der Waals surface area contributed by atoms with Crippen LogP contribution in [0.1, 0.15) is 38.2 Å². The highest BCUT2D eigenvalue weighted by Gasteiger charge is 2.24. The predicted octanol–water partition coefficient (Wildman–Crippen LogP) is 3.03. The van der Waals surface area contributed by atoms with Gasteiger partial charge in [0.2, 0.25) is 0 Å². The van der Waals surface area contributed by atoms with E-state index in [9.17, 15) is 0 Å². The number of rotatable bonds is 6. The van der Waals surface area contributed by atoms with Gasteiger partial charge in [0.25, 0.3) is 0 Å². The minimum absolute atomic E-state index is 0.566. The van der Waals surface area contributed by atoms with Crippen molar-refractivity contribution in [2.75, 3.05) is 20.2 Å². The van der Waals surface area contributed by atoms with Gasteiger partial charge in [0, 0.05) is 19.1 Å². The number of nitrogens with two attached hydrogens (primary N) is 1. The molecule has 0 spiro atoms. The second-order valence-corrected chi connectivity index (χ2v) is 6.01. The largest absolute Gasteiger partial charge is 0.492 e. The minimum atomic E-state index is 0.566. The lowest BCUT2D eigenvalue weighted by Gasteiger charge is -2.36. The fraction of sp³-hybridized carbons (Fsp3) is 0.647. The van der Waals surface area contributed by atoms with Gasteiger partial charge in [-0.2, -0.15) is 0 Å². The predicted molar refractivity (Wildman–Crippen MR) is 83.9 cm³/mol. The topological polar surface area (TPSA) is 38.5 Å². The Morgan fingerprint density at radius 2 is 2.10 bits per heavy atom. The molecule has 2 rings (SSSR count). The van der Waals surface area contributed by atoms with Crippen LogP contribution in [-0.4, -0.2) is 31.1 Å². The van der Waals surface area contributed by atoms with Crippen molar-refractivity contribution >= 4 is 0 Å². The van der Waals surface area contributed by atoms with Gasteiger partial charge in [-0.15, -0.1) is 0 Å². The van der Waals surface area contributed by atoms with E-state index in [-0.39, 0.29) is 0 Å². The zero-order chi connectivity index (χ0) is 14.4. The van der Waals surface area contributed by atoms with E-state index < -0.39 is 0 Å². The molecular formula is C17H28N2O. The van der Waals surface area contributed by atoms with Crippen molar-refractivity contribution in [3.63, 3.8) is 0 Å². The third kappa shape index (κ3) is 4.22. The molecule has 0 radical (unpaired) electrons. The van der Waals surface area contributed by atoms with E-state index in [1.165, 1.54) is 25.7 Å². The fourth-order valence-corrected chi connectivity index (χ4v) is 3.19. The van der Waals surface area contributed by atoms with Crippen molar-refractivity contribution in [2.45, 2.75) is 45.2 Å². The molecule has 3 heteroatoms. The van der Waals surface area contributed by atoms with Gasteiger partial charge in [-0.05, 0) is 43.5 Å². The second-order valence-electron chi connectivity index (χ2n) is 6.01. The summed E-state index contributed by atoms with van der Waals surface area (Å²) in [6.07, 6.45) is 5.47. The number of ether oxygens (including phenoxy) is 1. The summed E-state index contributed by atoms with van der Waals surface area (Å²) < 4.78 is 5.85. The maximum atomic E-state index is 5.85. The van der Waals surface area contributed by atoms with Crippen LogP contribution in [0.25, 0.3) is 0 Å². The summed E-state index contributed by atoms with van der Waals surface area (Å²) in [6.45, 7) is 4.68. The van der Waals surface area contributed by atoms with Gasteiger partial charge >= 0.3 is 0 Å². The number of hydrogen-bond donors (Lipinski definition) is 1. The average molecular weight is 276 g/mol. The van der Waals surface area contributed by atoms with Crippen molar-refractivity contribution in [1.82, 2.24) is 4.90 Å². The van der Waals surface area contributed by atoms with Crippen LogP contribution in [0.15, 0.2) is 24.3 Å². The molecule has 1 saturated carbocycles. The second kappa shape index (κ2) is 7.65. The summed E-state index contributed by atoms with van der Waals surface area (Å²) in [5, 5.41) is 0. The highest BCUT2D eigenvalue weighted by molar-refractivity contribution is 5.28. The fourth-order valence-electron chi connectivity index (χ4n) is 3.19. The summed E-state index contributed by atoms with van der Waals surface area (Å²) in [5.74, 6) is 1.74. The van der Waals surface area contributed by atoms with Gasteiger partial charge in [0.1, 0.15) is 12.4 Å². The molecule has 0 bridgehead atoms. The van der Waals surface area contributed by atoms with E-state index in [2.05, 4.69) is 18.9 Å². The summed E-state index contributed by atoms with van der Waals surface area (Å²) in [5.41, 5.74) is 6.77. The Morgan fingerprint density at radius 1 is 1.30 bits per heavy atom. The van der Waals surface area contributed by atoms with Crippen LogP contribution in [-0.2, 0) is 6.54 Å². The molecule has 3 nitrogen and oxygen atoms in total. The molecule has 2 N–H and O–H groups in total. The Labute approximate surface area is 123 Å². The van der Waals surface area contributed by atoms with Crippen molar-refractivity contribution < 1.29 is 4.74 Å². The molecule has 1 aliphatic rings. The highest BCUT2D eigenvalue weighted by Crippen LogP contribution is 2.27. The highest BCUT2D eigenvalue weighted by atomic mass is 16.5. The maximum absolute atomic E-state index is 5.85. The first-order chi connectivity index (χ1) is 9.70. The normalized spacial score (nSPS) is 23.0. The van der Waals surface area contributed by atoms with Gasteiger partial charge in [0.15, 0.2) is 0 Å². The summed E-state index contributed by atoms with van der Waals surface area (Å²) >= 11 is 0. The van der Waals surface area contributed by atoms with Crippen LogP contribution < -0.4 is 10.5 Å².